The lowest BCUT2D eigenvalue weighted by Crippen LogP contribution is -2.54. The van der Waals surface area contributed by atoms with Crippen molar-refractivity contribution in [2.75, 3.05) is 31.7 Å². The van der Waals surface area contributed by atoms with E-state index < -0.39 is 15.3 Å². The van der Waals surface area contributed by atoms with E-state index in [1.165, 1.54) is 11.1 Å². The molecule has 2 bridgehead atoms. The van der Waals surface area contributed by atoms with Crippen molar-refractivity contribution in [3.8, 4) is 5.75 Å². The lowest BCUT2D eigenvalue weighted by atomic mass is 9.63. The topological polar surface area (TPSA) is 93.9 Å². The van der Waals surface area contributed by atoms with Gasteiger partial charge in [-0.15, -0.1) is 0 Å². The number of amides is 1. The third kappa shape index (κ3) is 6.43. The number of oxazole rings is 1. The zero-order chi connectivity index (χ0) is 34.6. The molecule has 1 saturated carbocycles. The molecule has 4 aliphatic rings. The van der Waals surface area contributed by atoms with E-state index in [2.05, 4.69) is 51.7 Å². The summed E-state index contributed by atoms with van der Waals surface area (Å²) >= 11 is 6.48. The Morgan fingerprint density at radius 1 is 1.20 bits per heavy atom. The number of ether oxygens (including phenoxy) is 2. The van der Waals surface area contributed by atoms with E-state index in [0.29, 0.717) is 36.8 Å². The summed E-state index contributed by atoms with van der Waals surface area (Å²) in [6, 6.07) is 11.9. The van der Waals surface area contributed by atoms with Gasteiger partial charge in [0.15, 0.2) is 5.89 Å². The van der Waals surface area contributed by atoms with Gasteiger partial charge in [0.05, 0.1) is 40.2 Å². The zero-order valence-electron chi connectivity index (χ0n) is 29.0. The van der Waals surface area contributed by atoms with Crippen molar-refractivity contribution in [2.45, 2.75) is 82.0 Å². The lowest BCUT2D eigenvalue weighted by Gasteiger charge is -2.50. The van der Waals surface area contributed by atoms with Gasteiger partial charge in [-0.05, 0) is 117 Å². The number of methoxy groups -OCH3 is 1. The second kappa shape index (κ2) is 13.1. The van der Waals surface area contributed by atoms with Crippen LogP contribution in [0.3, 0.4) is 0 Å². The number of nitrogens with zero attached hydrogens (tertiary/aromatic N) is 2. The van der Waals surface area contributed by atoms with Crippen molar-refractivity contribution in [1.82, 2.24) is 9.71 Å². The van der Waals surface area contributed by atoms with Gasteiger partial charge in [-0.2, -0.15) is 0 Å². The number of aromatic nitrogens is 1. The Balaban J connectivity index is 1.34. The van der Waals surface area contributed by atoms with Crippen molar-refractivity contribution < 1.29 is 22.9 Å². The Bertz CT molecular complexity index is 1870. The summed E-state index contributed by atoms with van der Waals surface area (Å²) in [4.78, 5) is 20.7. The fraction of sp³-hybridized carbons (Fsp3) is 0.513. The first-order valence-corrected chi connectivity index (χ1v) is 19.7. The molecule has 2 aromatic carbocycles. The zero-order valence-corrected chi connectivity index (χ0v) is 30.6. The van der Waals surface area contributed by atoms with Crippen LogP contribution in [0, 0.1) is 24.7 Å². The van der Waals surface area contributed by atoms with Crippen LogP contribution in [-0.4, -0.2) is 58.6 Å². The summed E-state index contributed by atoms with van der Waals surface area (Å²) in [7, 11) is -1.18. The molecule has 1 unspecified atom stereocenters. The molecule has 8 nitrogen and oxygen atoms in total. The Hall–Kier alpha value is -3.27. The predicted molar refractivity (Wildman–Crippen MR) is 196 cm³/mol. The number of allylic oxidation sites excluding steroid dienone is 1. The van der Waals surface area contributed by atoms with Crippen molar-refractivity contribution >= 4 is 38.8 Å². The Morgan fingerprint density at radius 2 is 2.04 bits per heavy atom. The molecule has 1 amide bonds. The van der Waals surface area contributed by atoms with Crippen LogP contribution in [0.2, 0.25) is 5.02 Å². The maximum atomic E-state index is 13.9. The highest BCUT2D eigenvalue weighted by Crippen LogP contribution is 2.49. The number of halogens is 1. The minimum Gasteiger partial charge on any atom is -0.490 e. The van der Waals surface area contributed by atoms with E-state index >= 15 is 0 Å². The molecule has 2 aliphatic heterocycles. The first-order chi connectivity index (χ1) is 23.4. The fourth-order valence-electron chi connectivity index (χ4n) is 8.65. The van der Waals surface area contributed by atoms with E-state index in [9.17, 15) is 9.00 Å². The van der Waals surface area contributed by atoms with E-state index in [0.717, 1.165) is 67.4 Å². The molecule has 10 heteroatoms. The van der Waals surface area contributed by atoms with Crippen molar-refractivity contribution in [2.24, 2.45) is 17.8 Å². The minimum absolute atomic E-state index is 0.00874. The molecule has 1 aromatic heterocycles. The smallest absolute Gasteiger partial charge is 0.262 e. The molecular weight excluding hydrogens is 658 g/mol. The Morgan fingerprint density at radius 3 is 2.78 bits per heavy atom. The van der Waals surface area contributed by atoms with Gasteiger partial charge >= 0.3 is 0 Å². The predicted octanol–water partition coefficient (Wildman–Crippen LogP) is 7.11. The summed E-state index contributed by atoms with van der Waals surface area (Å²) in [6.07, 6.45) is 12.4. The van der Waals surface area contributed by atoms with Crippen molar-refractivity contribution in [3.63, 3.8) is 0 Å². The molecular formula is C39H48ClN3O5S. The van der Waals surface area contributed by atoms with E-state index in [1.807, 2.05) is 32.0 Å². The second-order valence-corrected chi connectivity index (χ2v) is 17.7. The highest BCUT2D eigenvalue weighted by molar-refractivity contribution is 7.99. The lowest BCUT2D eigenvalue weighted by molar-refractivity contribution is -0.0777. The van der Waals surface area contributed by atoms with Gasteiger partial charge in [-0.3, -0.25) is 9.52 Å². The number of nitrogens with one attached hydrogen (secondary N) is 1. The highest BCUT2D eigenvalue weighted by Gasteiger charge is 2.49. The number of hydrogen-bond donors (Lipinski definition) is 1. The standard InChI is InChI=1S/C39H48ClN3O5S/c1-25-8-6-17-39(46-4,20-36-41-21-26(2)48-36)33-13-10-30(33)22-43-23-38(16-7-9-28-18-31(40)12-14-32(28)38)24-47-35-15-11-29(19-34(35)43)37(44)42-49(5,45)27(25)3/h6,11-12,14-15,17-19,21,25,27,30,33H,5,7-10,13,16,20,22-24H2,1-4H3,(H,42,44,45)/b17-6+/t25-,27+,30-,33+,38-,39+,49?/m0/s1. The molecule has 1 fully saturated rings. The number of aryl methyl sites for hydroxylation is 2. The summed E-state index contributed by atoms with van der Waals surface area (Å²) in [6.45, 7) is 7.90. The molecule has 7 atom stereocenters. The van der Waals surface area contributed by atoms with E-state index in [1.54, 1.807) is 19.4 Å². The van der Waals surface area contributed by atoms with Gasteiger partial charge in [0, 0.05) is 41.5 Å². The van der Waals surface area contributed by atoms with Crippen LogP contribution in [0.15, 0.2) is 59.2 Å². The largest absolute Gasteiger partial charge is 0.490 e. The second-order valence-electron chi connectivity index (χ2n) is 14.9. The number of rotatable bonds is 3. The van der Waals surface area contributed by atoms with E-state index in [4.69, 9.17) is 25.5 Å². The number of fused-ring (bicyclic) bond motifs is 4. The van der Waals surface area contributed by atoms with Gasteiger partial charge in [0.2, 0.25) is 0 Å². The molecule has 1 N–H and O–H groups in total. The molecule has 1 spiro atoms. The average Bonchev–Trinajstić information content (AvgIpc) is 3.40. The van der Waals surface area contributed by atoms with Crippen molar-refractivity contribution in [1.29, 1.82) is 0 Å². The molecule has 49 heavy (non-hydrogen) atoms. The maximum Gasteiger partial charge on any atom is 0.262 e. The molecule has 7 rings (SSSR count). The van der Waals surface area contributed by atoms with Crippen LogP contribution in [0.25, 0.3) is 0 Å². The van der Waals surface area contributed by atoms with Crippen LogP contribution >= 0.6 is 11.6 Å². The molecule has 3 heterocycles. The first-order valence-electron chi connectivity index (χ1n) is 17.5. The van der Waals surface area contributed by atoms with Gasteiger partial charge < -0.3 is 18.8 Å². The Labute approximate surface area is 295 Å². The van der Waals surface area contributed by atoms with Crippen molar-refractivity contribution in [3.05, 3.63) is 88.1 Å². The quantitative estimate of drug-likeness (QED) is 0.229. The molecule has 0 radical (unpaired) electrons. The van der Waals surface area contributed by atoms with Gasteiger partial charge in [-0.25, -0.2) is 9.19 Å². The summed E-state index contributed by atoms with van der Waals surface area (Å²) in [5.74, 6) is 6.31. The highest BCUT2D eigenvalue weighted by atomic mass is 35.5. The van der Waals surface area contributed by atoms with Gasteiger partial charge in [-0.1, -0.05) is 36.7 Å². The number of carbonyl (C=O) groups excluding carboxylic acids is 1. The third-order valence-electron chi connectivity index (χ3n) is 11.9. The van der Waals surface area contributed by atoms with Gasteiger partial charge in [0.1, 0.15) is 11.5 Å². The number of carbonyl (C=O) groups is 1. The van der Waals surface area contributed by atoms with Crippen LogP contribution < -0.4 is 14.4 Å². The minimum atomic E-state index is -2.97. The third-order valence-corrected chi connectivity index (χ3v) is 14.3. The average molecular weight is 706 g/mol. The van der Waals surface area contributed by atoms with Crippen LogP contribution in [0.4, 0.5) is 5.69 Å². The Kier molecular flexibility index (Phi) is 9.16. The number of benzene rings is 2. The molecule has 3 aromatic rings. The molecule has 0 saturated heterocycles. The number of anilines is 1. The maximum absolute atomic E-state index is 13.9. The summed E-state index contributed by atoms with van der Waals surface area (Å²) in [5, 5.41) is 0.389. The SMILES string of the molecule is C=S1(=O)NC(=O)c2ccc3c(c2)N(C[C@@H]2CC[C@H]2[C@@](Cc2ncc(C)o2)(OC)/C=C/C[C@H](C)[C@H]1C)C[C@@]1(CCCc2cc(Cl)ccc21)CO3. The van der Waals surface area contributed by atoms with Crippen LogP contribution in [0.1, 0.15) is 79.1 Å². The van der Waals surface area contributed by atoms with Crippen LogP contribution in [-0.2, 0) is 32.7 Å². The number of hydrogen-bond acceptors (Lipinski definition) is 7. The van der Waals surface area contributed by atoms with E-state index in [-0.39, 0.29) is 28.4 Å². The molecule has 2 aliphatic carbocycles. The van der Waals surface area contributed by atoms with Crippen LogP contribution in [0.5, 0.6) is 5.75 Å². The first kappa shape index (κ1) is 34.2. The van der Waals surface area contributed by atoms with Gasteiger partial charge in [0.25, 0.3) is 5.91 Å². The monoisotopic (exact) mass is 705 g/mol. The fourth-order valence-corrected chi connectivity index (χ4v) is 10.3. The molecule has 262 valence electrons. The summed E-state index contributed by atoms with van der Waals surface area (Å²) < 4.78 is 36.0. The normalized spacial score (nSPS) is 33.7. The summed E-state index contributed by atoms with van der Waals surface area (Å²) in [5.41, 5.74) is 3.00.